The van der Waals surface area contributed by atoms with Crippen molar-refractivity contribution in [3.63, 3.8) is 0 Å². The summed E-state index contributed by atoms with van der Waals surface area (Å²) in [6.45, 7) is 4.78. The Balaban J connectivity index is 1.33. The Morgan fingerprint density at radius 2 is 2.02 bits per heavy atom. The maximum atomic E-state index is 13.1. The molecule has 3 N–H and O–H groups in total. The number of unbranched alkanes of at least 4 members (excludes halogenated alkanes) is 1. The molecule has 10 nitrogen and oxygen atoms in total. The summed E-state index contributed by atoms with van der Waals surface area (Å²) in [5.74, 6) is 0.274. The van der Waals surface area contributed by atoms with E-state index in [0.717, 1.165) is 62.2 Å². The van der Waals surface area contributed by atoms with Crippen molar-refractivity contribution in [1.82, 2.24) is 24.8 Å². The Labute approximate surface area is 242 Å². The van der Waals surface area contributed by atoms with E-state index in [1.807, 2.05) is 13.0 Å². The molecule has 3 aromatic heterocycles. The van der Waals surface area contributed by atoms with Gasteiger partial charge in [0, 0.05) is 37.6 Å². The fourth-order valence-corrected chi connectivity index (χ4v) is 4.73. The normalized spacial score (nSPS) is 13.7. The van der Waals surface area contributed by atoms with Crippen LogP contribution in [-0.4, -0.2) is 74.7 Å². The van der Waals surface area contributed by atoms with Gasteiger partial charge in [-0.3, -0.25) is 9.88 Å². The van der Waals surface area contributed by atoms with E-state index < -0.39 is 23.9 Å². The lowest BCUT2D eigenvalue weighted by Crippen LogP contribution is -2.37. The van der Waals surface area contributed by atoms with Crippen LogP contribution in [0.2, 0.25) is 0 Å². The van der Waals surface area contributed by atoms with E-state index >= 15 is 0 Å². The molecule has 0 saturated heterocycles. The van der Waals surface area contributed by atoms with Gasteiger partial charge in [0.2, 0.25) is 0 Å². The minimum absolute atomic E-state index is 0.144. The van der Waals surface area contributed by atoms with Crippen molar-refractivity contribution in [2.24, 2.45) is 0 Å². The van der Waals surface area contributed by atoms with Gasteiger partial charge in [-0.2, -0.15) is 13.2 Å². The quantitative estimate of drug-likeness (QED) is 0.217. The highest BCUT2D eigenvalue weighted by Crippen LogP contribution is 2.28. The monoisotopic (exact) mass is 587 g/mol. The third kappa shape index (κ3) is 9.26. The van der Waals surface area contributed by atoms with E-state index in [1.54, 1.807) is 12.3 Å². The maximum absolute atomic E-state index is 13.1. The van der Waals surface area contributed by atoms with Crippen molar-refractivity contribution in [3.05, 3.63) is 65.5 Å². The van der Waals surface area contributed by atoms with Gasteiger partial charge in [-0.05, 0) is 75.8 Å². The van der Waals surface area contributed by atoms with Crippen molar-refractivity contribution in [2.45, 2.75) is 57.7 Å². The van der Waals surface area contributed by atoms with Gasteiger partial charge in [0.25, 0.3) is 0 Å². The minimum atomic E-state index is -4.66. The second kappa shape index (κ2) is 14.8. The summed E-state index contributed by atoms with van der Waals surface area (Å²) in [6.07, 6.45) is 2.66. The van der Waals surface area contributed by atoms with E-state index in [1.165, 1.54) is 5.56 Å². The number of carboxylic acid groups (broad SMARTS) is 1. The number of fused-ring (bicyclic) bond motifs is 1. The molecule has 1 aliphatic rings. The Bertz CT molecular complexity index is 1330. The number of rotatable bonds is 15. The van der Waals surface area contributed by atoms with E-state index in [4.69, 9.17) is 9.72 Å². The maximum Gasteiger partial charge on any atom is 0.433 e. The number of hydrogen-bond acceptors (Lipinski definition) is 9. The van der Waals surface area contributed by atoms with Crippen LogP contribution in [0.3, 0.4) is 0 Å². The third-order valence-electron chi connectivity index (χ3n) is 7.04. The first kappa shape index (κ1) is 30.9. The van der Waals surface area contributed by atoms with E-state index in [9.17, 15) is 23.1 Å². The largest absolute Gasteiger partial charge is 0.490 e. The van der Waals surface area contributed by atoms with Gasteiger partial charge in [0.15, 0.2) is 0 Å². The molecule has 226 valence electrons. The van der Waals surface area contributed by atoms with Crippen LogP contribution in [0.15, 0.2) is 42.9 Å². The number of aromatic nitrogens is 4. The molecule has 0 radical (unpaired) electrons. The molecule has 0 aromatic carbocycles. The first-order chi connectivity index (χ1) is 20.2. The van der Waals surface area contributed by atoms with Gasteiger partial charge in [-0.15, -0.1) is 0 Å². The van der Waals surface area contributed by atoms with Crippen molar-refractivity contribution >= 4 is 17.6 Å². The van der Waals surface area contributed by atoms with Crippen molar-refractivity contribution in [3.8, 4) is 5.75 Å². The molecular formula is C29H36F3N7O3. The molecule has 0 saturated carbocycles. The smallest absolute Gasteiger partial charge is 0.433 e. The average molecular weight is 588 g/mol. The summed E-state index contributed by atoms with van der Waals surface area (Å²) in [5, 5.41) is 15.7. The zero-order valence-corrected chi connectivity index (χ0v) is 23.5. The van der Waals surface area contributed by atoms with Crippen LogP contribution >= 0.6 is 0 Å². The van der Waals surface area contributed by atoms with E-state index in [0.29, 0.717) is 38.1 Å². The van der Waals surface area contributed by atoms with Crippen LogP contribution in [-0.2, 0) is 23.8 Å². The number of alkyl halides is 3. The Morgan fingerprint density at radius 3 is 2.81 bits per heavy atom. The number of aliphatic carboxylic acids is 1. The van der Waals surface area contributed by atoms with Gasteiger partial charge >= 0.3 is 12.1 Å². The predicted octanol–water partition coefficient (Wildman–Crippen LogP) is 4.61. The summed E-state index contributed by atoms with van der Waals surface area (Å²) in [7, 11) is 0. The van der Waals surface area contributed by atoms with Crippen LogP contribution < -0.4 is 15.4 Å². The summed E-state index contributed by atoms with van der Waals surface area (Å²) in [6, 6.07) is 7.43. The first-order valence-corrected chi connectivity index (χ1v) is 14.1. The molecule has 0 amide bonds. The van der Waals surface area contributed by atoms with Crippen molar-refractivity contribution in [1.29, 1.82) is 0 Å². The van der Waals surface area contributed by atoms with Crippen molar-refractivity contribution < 1.29 is 27.8 Å². The van der Waals surface area contributed by atoms with Gasteiger partial charge in [-0.25, -0.2) is 19.7 Å². The molecule has 13 heteroatoms. The van der Waals surface area contributed by atoms with Crippen LogP contribution in [0.4, 0.5) is 24.8 Å². The van der Waals surface area contributed by atoms with Crippen LogP contribution in [0.1, 0.15) is 48.3 Å². The van der Waals surface area contributed by atoms with Gasteiger partial charge in [0.05, 0.1) is 5.69 Å². The Kier molecular flexibility index (Phi) is 10.9. The van der Waals surface area contributed by atoms with Gasteiger partial charge < -0.3 is 20.5 Å². The van der Waals surface area contributed by atoms with E-state index in [2.05, 4.69) is 42.6 Å². The summed E-state index contributed by atoms with van der Waals surface area (Å²) in [4.78, 5) is 30.1. The molecular weight excluding hydrogens is 551 g/mol. The number of hydrogen-bond donors (Lipinski definition) is 3. The number of nitrogens with zero attached hydrogens (tertiary/aromatic N) is 5. The fraction of sp³-hybridized carbons (Fsp3) is 0.483. The number of carbonyl (C=O) groups is 1. The zero-order valence-electron chi connectivity index (χ0n) is 23.5. The topological polar surface area (TPSA) is 125 Å². The lowest BCUT2D eigenvalue weighted by atomic mass is 10.1. The summed E-state index contributed by atoms with van der Waals surface area (Å²) < 4.78 is 45.1. The molecule has 4 heterocycles. The van der Waals surface area contributed by atoms with E-state index in [-0.39, 0.29) is 12.2 Å². The molecule has 42 heavy (non-hydrogen) atoms. The number of halogens is 3. The third-order valence-corrected chi connectivity index (χ3v) is 7.04. The highest BCUT2D eigenvalue weighted by Gasteiger charge is 2.33. The second-order valence-electron chi connectivity index (χ2n) is 10.2. The molecule has 3 aromatic rings. The highest BCUT2D eigenvalue weighted by molar-refractivity contribution is 5.76. The zero-order chi connectivity index (χ0) is 30.0. The van der Waals surface area contributed by atoms with Crippen LogP contribution in [0.5, 0.6) is 5.75 Å². The number of aryl methyl sites for hydroxylation is 3. The number of anilines is 2. The molecule has 0 spiro atoms. The highest BCUT2D eigenvalue weighted by atomic mass is 19.4. The molecule has 0 aliphatic carbocycles. The molecule has 0 fully saturated rings. The Hall–Kier alpha value is -4.00. The minimum Gasteiger partial charge on any atom is -0.490 e. The SMILES string of the molecule is Cc1ncccc1OCCN(CCCCc1ccc2c(n1)NCCC2)CCC(Nc1cc(C(F)(F)F)ncn1)C(=O)O. The molecule has 1 atom stereocenters. The lowest BCUT2D eigenvalue weighted by Gasteiger charge is -2.25. The lowest BCUT2D eigenvalue weighted by molar-refractivity contribution is -0.141. The van der Waals surface area contributed by atoms with Crippen LogP contribution in [0.25, 0.3) is 0 Å². The molecule has 4 rings (SSSR count). The molecule has 1 aliphatic heterocycles. The van der Waals surface area contributed by atoms with Gasteiger partial charge in [0.1, 0.15) is 42.1 Å². The summed E-state index contributed by atoms with van der Waals surface area (Å²) in [5.41, 5.74) is 1.91. The average Bonchev–Trinajstić information content (AvgIpc) is 2.97. The number of ether oxygens (including phenoxy) is 1. The number of carboxylic acids is 1. The Morgan fingerprint density at radius 1 is 1.17 bits per heavy atom. The van der Waals surface area contributed by atoms with Gasteiger partial charge in [-0.1, -0.05) is 6.07 Å². The first-order valence-electron chi connectivity index (χ1n) is 14.1. The fourth-order valence-electron chi connectivity index (χ4n) is 4.73. The molecule has 0 bridgehead atoms. The predicted molar refractivity (Wildman–Crippen MR) is 152 cm³/mol. The molecule has 1 unspecified atom stereocenters. The summed E-state index contributed by atoms with van der Waals surface area (Å²) >= 11 is 0. The van der Waals surface area contributed by atoms with Crippen LogP contribution in [0, 0.1) is 6.92 Å². The standard InChI is InChI=1S/C29H36F3N7O3/c1-20-24(8-5-12-33-20)42-17-16-39(14-3-2-7-22-10-9-21-6-4-13-34-27(21)37-22)15-11-23(28(40)41)38-26-18-25(29(30,31)32)35-19-36-26/h5,8-10,12,18-19,23H,2-4,6-7,11,13-17H2,1H3,(H,34,37)(H,40,41)(H,35,36,38). The van der Waals surface area contributed by atoms with Crippen molar-refractivity contribution in [2.75, 3.05) is 43.4 Å². The second-order valence-corrected chi connectivity index (χ2v) is 10.2. The number of nitrogens with one attached hydrogen (secondary N) is 2. The number of pyridine rings is 2.